The smallest absolute Gasteiger partial charge is 0.407 e. The van der Waals surface area contributed by atoms with Gasteiger partial charge in [0.05, 0.1) is 17.8 Å². The molecule has 146 valence electrons. The molecule has 2 saturated heterocycles. The van der Waals surface area contributed by atoms with Crippen molar-refractivity contribution in [3.05, 3.63) is 54.4 Å². The maximum absolute atomic E-state index is 12.4. The number of pyridine rings is 1. The molecule has 2 aliphatic rings. The fraction of sp³-hybridized carbons (Fsp3) is 0.381. The molecule has 0 atom stereocenters. The van der Waals surface area contributed by atoms with Gasteiger partial charge in [-0.1, -0.05) is 12.1 Å². The van der Waals surface area contributed by atoms with Gasteiger partial charge >= 0.3 is 6.09 Å². The Bertz CT molecular complexity index is 826. The summed E-state index contributed by atoms with van der Waals surface area (Å²) in [7, 11) is 0. The minimum atomic E-state index is -0.838. The van der Waals surface area contributed by atoms with Crippen molar-refractivity contribution >= 4 is 23.4 Å². The third kappa shape index (κ3) is 3.93. The molecule has 0 spiro atoms. The summed E-state index contributed by atoms with van der Waals surface area (Å²) < 4.78 is 0. The van der Waals surface area contributed by atoms with E-state index in [1.165, 1.54) is 10.5 Å². The van der Waals surface area contributed by atoms with E-state index in [0.29, 0.717) is 32.1 Å². The number of benzene rings is 1. The van der Waals surface area contributed by atoms with Gasteiger partial charge in [0.25, 0.3) is 0 Å². The van der Waals surface area contributed by atoms with Crippen molar-refractivity contribution in [2.24, 2.45) is 5.92 Å². The molecule has 4 rings (SSSR count). The number of amides is 2. The fourth-order valence-corrected chi connectivity index (χ4v) is 3.88. The van der Waals surface area contributed by atoms with Crippen LogP contribution in [-0.4, -0.2) is 53.2 Å². The average Bonchev–Trinajstić information content (AvgIpc) is 2.68. The van der Waals surface area contributed by atoms with E-state index in [0.717, 1.165) is 24.2 Å². The van der Waals surface area contributed by atoms with Crippen LogP contribution in [0.4, 0.5) is 16.2 Å². The number of aromatic nitrogens is 1. The highest BCUT2D eigenvalue weighted by Crippen LogP contribution is 2.29. The maximum Gasteiger partial charge on any atom is 0.407 e. The first-order chi connectivity index (χ1) is 13.6. The van der Waals surface area contributed by atoms with Gasteiger partial charge in [0, 0.05) is 38.1 Å². The molecule has 2 amide bonds. The average molecular weight is 380 g/mol. The van der Waals surface area contributed by atoms with E-state index >= 15 is 0 Å². The van der Waals surface area contributed by atoms with E-state index in [9.17, 15) is 9.59 Å². The van der Waals surface area contributed by atoms with Crippen molar-refractivity contribution in [2.75, 3.05) is 36.4 Å². The summed E-state index contributed by atoms with van der Waals surface area (Å²) in [6, 6.07) is 11.9. The summed E-state index contributed by atoms with van der Waals surface area (Å²) in [4.78, 5) is 31.2. The van der Waals surface area contributed by atoms with E-state index < -0.39 is 6.09 Å². The number of rotatable bonds is 4. The highest BCUT2D eigenvalue weighted by atomic mass is 16.4. The zero-order valence-electron chi connectivity index (χ0n) is 15.6. The van der Waals surface area contributed by atoms with Crippen molar-refractivity contribution in [2.45, 2.75) is 18.8 Å². The Balaban J connectivity index is 1.27. The highest BCUT2D eigenvalue weighted by Gasteiger charge is 2.33. The monoisotopic (exact) mass is 380 g/mol. The van der Waals surface area contributed by atoms with Crippen LogP contribution in [-0.2, 0) is 4.79 Å². The zero-order valence-corrected chi connectivity index (χ0v) is 15.6. The molecule has 3 heterocycles. The van der Waals surface area contributed by atoms with E-state index in [-0.39, 0.29) is 11.8 Å². The van der Waals surface area contributed by atoms with Crippen molar-refractivity contribution in [3.8, 4) is 0 Å². The Labute approximate surface area is 164 Å². The number of nitrogens with zero attached hydrogens (tertiary/aromatic N) is 3. The standard InChI is InChI=1S/C21H24N4O3/c26-20(17-13-25(14-17)19-2-1-9-22-12-19)23-18-5-3-15(4-6-18)16-7-10-24(11-8-16)21(27)28/h1-6,9,12,16-17H,7-8,10-11,13-14H2,(H,23,26)(H,27,28). The van der Waals surface area contributed by atoms with Crippen LogP contribution in [0.3, 0.4) is 0 Å². The molecular formula is C21H24N4O3. The Morgan fingerprint density at radius 1 is 1.07 bits per heavy atom. The molecule has 0 bridgehead atoms. The minimum Gasteiger partial charge on any atom is -0.465 e. The van der Waals surface area contributed by atoms with Crippen LogP contribution in [0.25, 0.3) is 0 Å². The molecule has 2 fully saturated rings. The van der Waals surface area contributed by atoms with Gasteiger partial charge in [0.15, 0.2) is 0 Å². The Hall–Kier alpha value is -3.09. The summed E-state index contributed by atoms with van der Waals surface area (Å²) in [6.07, 6.45) is 4.39. The van der Waals surface area contributed by atoms with E-state index in [1.807, 2.05) is 42.6 Å². The molecule has 28 heavy (non-hydrogen) atoms. The van der Waals surface area contributed by atoms with Crippen LogP contribution >= 0.6 is 0 Å². The topological polar surface area (TPSA) is 85.8 Å². The predicted molar refractivity (Wildman–Crippen MR) is 107 cm³/mol. The summed E-state index contributed by atoms with van der Waals surface area (Å²) >= 11 is 0. The number of hydrogen-bond donors (Lipinski definition) is 2. The van der Waals surface area contributed by atoms with E-state index in [1.54, 1.807) is 6.20 Å². The van der Waals surface area contributed by atoms with Crippen molar-refractivity contribution in [3.63, 3.8) is 0 Å². The number of likely N-dealkylation sites (tertiary alicyclic amines) is 1. The molecular weight excluding hydrogens is 356 g/mol. The normalized spacial score (nSPS) is 17.9. The highest BCUT2D eigenvalue weighted by molar-refractivity contribution is 5.94. The molecule has 1 aromatic heterocycles. The molecule has 0 radical (unpaired) electrons. The number of carboxylic acid groups (broad SMARTS) is 1. The van der Waals surface area contributed by atoms with E-state index in [4.69, 9.17) is 5.11 Å². The minimum absolute atomic E-state index is 0.0137. The molecule has 0 aliphatic carbocycles. The molecule has 0 unspecified atom stereocenters. The number of anilines is 2. The number of piperidine rings is 1. The number of nitrogens with one attached hydrogen (secondary N) is 1. The lowest BCUT2D eigenvalue weighted by Gasteiger charge is -2.39. The molecule has 7 nitrogen and oxygen atoms in total. The zero-order chi connectivity index (χ0) is 19.5. The number of hydrogen-bond acceptors (Lipinski definition) is 4. The molecule has 7 heteroatoms. The van der Waals surface area contributed by atoms with Crippen LogP contribution in [0, 0.1) is 5.92 Å². The van der Waals surface area contributed by atoms with Gasteiger partial charge in [-0.05, 0) is 48.6 Å². The van der Waals surface area contributed by atoms with Gasteiger partial charge < -0.3 is 20.2 Å². The summed E-state index contributed by atoms with van der Waals surface area (Å²) in [5, 5.41) is 12.0. The second-order valence-electron chi connectivity index (χ2n) is 7.47. The summed E-state index contributed by atoms with van der Waals surface area (Å²) in [5.74, 6) is 0.405. The SMILES string of the molecule is O=C(Nc1ccc(C2CCN(C(=O)O)CC2)cc1)C1CN(c2cccnc2)C1. The number of carbonyl (C=O) groups excluding carboxylic acids is 1. The van der Waals surface area contributed by atoms with Crippen molar-refractivity contribution in [1.82, 2.24) is 9.88 Å². The molecule has 2 N–H and O–H groups in total. The predicted octanol–water partition coefficient (Wildman–Crippen LogP) is 3.01. The quantitative estimate of drug-likeness (QED) is 0.852. The van der Waals surface area contributed by atoms with E-state index in [2.05, 4.69) is 15.2 Å². The van der Waals surface area contributed by atoms with Crippen molar-refractivity contribution < 1.29 is 14.7 Å². The van der Waals surface area contributed by atoms with Crippen LogP contribution in [0.5, 0.6) is 0 Å². The van der Waals surface area contributed by atoms with Crippen molar-refractivity contribution in [1.29, 1.82) is 0 Å². The first kappa shape index (κ1) is 18.3. The van der Waals surface area contributed by atoms with Gasteiger partial charge in [-0.3, -0.25) is 9.78 Å². The largest absolute Gasteiger partial charge is 0.465 e. The Morgan fingerprint density at radius 2 is 1.79 bits per heavy atom. The van der Waals surface area contributed by atoms with Crippen LogP contribution in [0.15, 0.2) is 48.8 Å². The van der Waals surface area contributed by atoms with Gasteiger partial charge in [-0.25, -0.2) is 4.79 Å². The lowest BCUT2D eigenvalue weighted by atomic mass is 9.89. The van der Waals surface area contributed by atoms with Crippen LogP contribution in [0.2, 0.25) is 0 Å². The second kappa shape index (κ2) is 7.88. The van der Waals surface area contributed by atoms with Gasteiger partial charge in [-0.2, -0.15) is 0 Å². The van der Waals surface area contributed by atoms with Gasteiger partial charge in [-0.15, -0.1) is 0 Å². The third-order valence-corrected chi connectivity index (χ3v) is 5.68. The molecule has 2 aliphatic heterocycles. The Kier molecular flexibility index (Phi) is 5.14. The maximum atomic E-state index is 12.4. The first-order valence-electron chi connectivity index (χ1n) is 9.64. The summed E-state index contributed by atoms with van der Waals surface area (Å²) in [6.45, 7) is 2.57. The summed E-state index contributed by atoms with van der Waals surface area (Å²) in [5.41, 5.74) is 3.05. The Morgan fingerprint density at radius 3 is 2.39 bits per heavy atom. The van der Waals surface area contributed by atoms with Gasteiger partial charge in [0.1, 0.15) is 0 Å². The lowest BCUT2D eigenvalue weighted by molar-refractivity contribution is -0.120. The third-order valence-electron chi connectivity index (χ3n) is 5.68. The molecule has 2 aromatic rings. The van der Waals surface area contributed by atoms with Crippen LogP contribution in [0.1, 0.15) is 24.3 Å². The second-order valence-corrected chi connectivity index (χ2v) is 7.47. The molecule has 0 saturated carbocycles. The molecule has 1 aromatic carbocycles. The first-order valence-corrected chi connectivity index (χ1v) is 9.64. The number of carbonyl (C=O) groups is 2. The fourth-order valence-electron chi connectivity index (χ4n) is 3.88. The lowest BCUT2D eigenvalue weighted by Crippen LogP contribution is -2.52. The van der Waals surface area contributed by atoms with Crippen LogP contribution < -0.4 is 10.2 Å². The van der Waals surface area contributed by atoms with Gasteiger partial charge in [0.2, 0.25) is 5.91 Å².